The van der Waals surface area contributed by atoms with E-state index in [4.69, 9.17) is 9.47 Å². The van der Waals surface area contributed by atoms with Crippen molar-refractivity contribution in [2.24, 2.45) is 0 Å². The number of hydrogen-bond acceptors (Lipinski definition) is 9. The Balaban J connectivity index is 1.42. The van der Waals surface area contributed by atoms with Crippen molar-refractivity contribution >= 4 is 12.2 Å². The van der Waals surface area contributed by atoms with E-state index in [0.717, 1.165) is 27.8 Å². The molecule has 2 aliphatic heterocycles. The molecule has 6 aromatic carbocycles. The van der Waals surface area contributed by atoms with Crippen LogP contribution in [0.1, 0.15) is 68.6 Å². The molecule has 0 aliphatic carbocycles. The van der Waals surface area contributed by atoms with Crippen molar-refractivity contribution < 1.29 is 45.2 Å². The van der Waals surface area contributed by atoms with Gasteiger partial charge in [0.25, 0.3) is 0 Å². The first kappa shape index (κ1) is 31.5. The van der Waals surface area contributed by atoms with Crippen LogP contribution >= 0.6 is 0 Å². The second kappa shape index (κ2) is 12.3. The third-order valence-electron chi connectivity index (χ3n) is 9.46. The van der Waals surface area contributed by atoms with E-state index < -0.39 is 24.0 Å². The van der Waals surface area contributed by atoms with Gasteiger partial charge in [0.1, 0.15) is 64.0 Å². The van der Waals surface area contributed by atoms with Gasteiger partial charge in [-0.15, -0.1) is 0 Å². The molecule has 8 rings (SSSR count). The minimum Gasteiger partial charge on any atom is -0.508 e. The minimum atomic E-state index is -0.652. The third-order valence-corrected chi connectivity index (χ3v) is 9.46. The average molecular weight is 681 g/mol. The summed E-state index contributed by atoms with van der Waals surface area (Å²) in [4.78, 5) is 0. The van der Waals surface area contributed by atoms with Gasteiger partial charge >= 0.3 is 0 Å². The van der Waals surface area contributed by atoms with Gasteiger partial charge in [0, 0.05) is 29.3 Å². The molecule has 51 heavy (non-hydrogen) atoms. The van der Waals surface area contributed by atoms with Crippen LogP contribution in [0.2, 0.25) is 0 Å². The maximum absolute atomic E-state index is 10.7. The van der Waals surface area contributed by atoms with Gasteiger partial charge in [-0.1, -0.05) is 48.6 Å². The minimum absolute atomic E-state index is 0.0863. The van der Waals surface area contributed by atoms with Crippen LogP contribution in [-0.4, -0.2) is 35.7 Å². The summed E-state index contributed by atoms with van der Waals surface area (Å²) in [6, 6.07) is 30.7. The number of rotatable bonds is 6. The Bertz CT molecular complexity index is 2120. The molecule has 2 heterocycles. The topological polar surface area (TPSA) is 160 Å². The SMILES string of the molecule is Oc1ccc(/C=C/c2c3c(cc4c2C(c2cc(O)cc(O)c2)[C@@H](c2ccc(O)cc2)O4)OC(c2ccc(O)cc2)C3c2cc(O)cc(O)c2)cc1. The van der Waals surface area contributed by atoms with E-state index in [1.807, 2.05) is 18.2 Å². The highest BCUT2D eigenvalue weighted by Crippen LogP contribution is 2.60. The maximum atomic E-state index is 10.7. The number of benzene rings is 6. The van der Waals surface area contributed by atoms with Crippen LogP contribution in [-0.2, 0) is 0 Å². The van der Waals surface area contributed by atoms with Crippen LogP contribution in [0.4, 0.5) is 0 Å². The van der Waals surface area contributed by atoms with E-state index >= 15 is 0 Å². The predicted octanol–water partition coefficient (Wildman–Crippen LogP) is 8.33. The Labute approximate surface area is 292 Å². The zero-order valence-electron chi connectivity index (χ0n) is 26.9. The molecule has 0 saturated heterocycles. The van der Waals surface area contributed by atoms with E-state index in [9.17, 15) is 35.7 Å². The molecule has 4 atom stereocenters. The molecule has 0 bridgehead atoms. The standard InChI is InChI=1S/C42H32O9/c43-27-8-1-22(2-9-27)3-14-34-39-35(50-41(23-4-10-28(44)11-5-23)37(39)25-15-30(46)19-31(47)16-25)21-36-40(34)38(26-17-32(48)20-33(49)18-26)42(51-36)24-6-12-29(45)13-7-24/h1-21,37-38,41-49H/b14-3+/t37?,38?,41-,42?/m1/s1. The highest BCUT2D eigenvalue weighted by Gasteiger charge is 2.45. The lowest BCUT2D eigenvalue weighted by Crippen LogP contribution is -2.14. The summed E-state index contributed by atoms with van der Waals surface area (Å²) < 4.78 is 13.5. The fourth-order valence-corrected chi connectivity index (χ4v) is 7.31. The largest absolute Gasteiger partial charge is 0.508 e. The van der Waals surface area contributed by atoms with Crippen molar-refractivity contribution in [1.29, 1.82) is 0 Å². The molecule has 0 amide bonds. The number of aromatic hydroxyl groups is 7. The first-order valence-corrected chi connectivity index (χ1v) is 16.3. The first-order valence-electron chi connectivity index (χ1n) is 16.3. The molecule has 0 fully saturated rings. The molecule has 9 heteroatoms. The van der Waals surface area contributed by atoms with E-state index in [1.165, 1.54) is 12.1 Å². The third kappa shape index (κ3) is 5.84. The molecule has 0 spiro atoms. The quantitative estimate of drug-likeness (QED) is 0.0858. The van der Waals surface area contributed by atoms with Gasteiger partial charge in [-0.25, -0.2) is 0 Å². The molecule has 9 nitrogen and oxygen atoms in total. The van der Waals surface area contributed by atoms with Gasteiger partial charge in [0.2, 0.25) is 0 Å². The molecule has 2 aliphatic rings. The smallest absolute Gasteiger partial charge is 0.135 e. The lowest BCUT2D eigenvalue weighted by atomic mass is 9.77. The molecule has 3 unspecified atom stereocenters. The molecule has 0 radical (unpaired) electrons. The second-order valence-corrected chi connectivity index (χ2v) is 12.8. The zero-order valence-corrected chi connectivity index (χ0v) is 26.9. The Kier molecular flexibility index (Phi) is 7.60. The predicted molar refractivity (Wildman–Crippen MR) is 190 cm³/mol. The monoisotopic (exact) mass is 680 g/mol. The second-order valence-electron chi connectivity index (χ2n) is 12.8. The van der Waals surface area contributed by atoms with Gasteiger partial charge in [0.05, 0.1) is 11.8 Å². The molecular weight excluding hydrogens is 648 g/mol. The summed E-state index contributed by atoms with van der Waals surface area (Å²) in [5.74, 6) is -0.409. The summed E-state index contributed by atoms with van der Waals surface area (Å²) in [5.41, 5.74) is 5.59. The normalized spacial score (nSPS) is 19.0. The average Bonchev–Trinajstić information content (AvgIpc) is 3.66. The zero-order chi connectivity index (χ0) is 35.4. The van der Waals surface area contributed by atoms with E-state index in [0.29, 0.717) is 28.2 Å². The van der Waals surface area contributed by atoms with Crippen LogP contribution in [0.25, 0.3) is 12.2 Å². The van der Waals surface area contributed by atoms with Gasteiger partial charge in [-0.2, -0.15) is 0 Å². The fraction of sp³-hybridized carbons (Fsp3) is 0.0952. The van der Waals surface area contributed by atoms with Gasteiger partial charge in [0.15, 0.2) is 0 Å². The van der Waals surface area contributed by atoms with Crippen LogP contribution in [0.15, 0.2) is 115 Å². The van der Waals surface area contributed by atoms with Gasteiger partial charge in [-0.3, -0.25) is 0 Å². The molecular formula is C42H32O9. The highest BCUT2D eigenvalue weighted by molar-refractivity contribution is 5.80. The Morgan fingerprint density at radius 2 is 0.745 bits per heavy atom. The summed E-state index contributed by atoms with van der Waals surface area (Å²) in [5, 5.41) is 72.8. The van der Waals surface area contributed by atoms with Crippen molar-refractivity contribution in [2.45, 2.75) is 24.0 Å². The fourth-order valence-electron chi connectivity index (χ4n) is 7.31. The molecule has 7 N–H and O–H groups in total. The molecule has 0 saturated carbocycles. The maximum Gasteiger partial charge on any atom is 0.135 e. The molecule has 254 valence electrons. The lowest BCUT2D eigenvalue weighted by molar-refractivity contribution is 0.212. The molecule has 0 aromatic heterocycles. The molecule has 6 aromatic rings. The van der Waals surface area contributed by atoms with E-state index in [-0.39, 0.29) is 40.2 Å². The van der Waals surface area contributed by atoms with Crippen molar-refractivity contribution in [2.75, 3.05) is 0 Å². The Hall–Kier alpha value is -6.74. The number of ether oxygens (including phenoxy) is 2. The lowest BCUT2D eigenvalue weighted by Gasteiger charge is -2.24. The highest BCUT2D eigenvalue weighted by atomic mass is 16.5. The van der Waals surface area contributed by atoms with Crippen LogP contribution < -0.4 is 9.47 Å². The van der Waals surface area contributed by atoms with Gasteiger partial charge in [-0.05, 0) is 94.0 Å². The Morgan fingerprint density at radius 1 is 0.373 bits per heavy atom. The summed E-state index contributed by atoms with van der Waals surface area (Å²) in [6.07, 6.45) is 2.52. The van der Waals surface area contributed by atoms with Crippen LogP contribution in [0, 0.1) is 0 Å². The number of phenolic OH excluding ortho intramolecular Hbond substituents is 7. The van der Waals surface area contributed by atoms with Crippen molar-refractivity contribution in [1.82, 2.24) is 0 Å². The van der Waals surface area contributed by atoms with E-state index in [1.54, 1.807) is 97.1 Å². The van der Waals surface area contributed by atoms with Crippen molar-refractivity contribution in [3.8, 4) is 51.7 Å². The number of phenols is 7. The summed E-state index contributed by atoms with van der Waals surface area (Å²) in [7, 11) is 0. The first-order chi connectivity index (χ1) is 24.6. The van der Waals surface area contributed by atoms with Crippen LogP contribution in [0.3, 0.4) is 0 Å². The van der Waals surface area contributed by atoms with Crippen LogP contribution in [0.5, 0.6) is 51.7 Å². The Morgan fingerprint density at radius 3 is 1.14 bits per heavy atom. The van der Waals surface area contributed by atoms with Gasteiger partial charge < -0.3 is 45.2 Å². The number of hydrogen-bond donors (Lipinski definition) is 7. The number of fused-ring (bicyclic) bond motifs is 2. The van der Waals surface area contributed by atoms with E-state index in [2.05, 4.69) is 0 Å². The summed E-state index contributed by atoms with van der Waals surface area (Å²) in [6.45, 7) is 0. The van der Waals surface area contributed by atoms with Crippen molar-refractivity contribution in [3.05, 3.63) is 160 Å². The van der Waals surface area contributed by atoms with Crippen molar-refractivity contribution in [3.63, 3.8) is 0 Å². The summed E-state index contributed by atoms with van der Waals surface area (Å²) >= 11 is 0.